The van der Waals surface area contributed by atoms with Crippen LogP contribution < -0.4 is 10.2 Å². The van der Waals surface area contributed by atoms with Gasteiger partial charge in [-0.1, -0.05) is 0 Å². The minimum Gasteiger partial charge on any atom is -0.347 e. The summed E-state index contributed by atoms with van der Waals surface area (Å²) in [5.41, 5.74) is 3.44. The molecule has 1 aromatic carbocycles. The van der Waals surface area contributed by atoms with Gasteiger partial charge in [0, 0.05) is 44.1 Å². The van der Waals surface area contributed by atoms with Gasteiger partial charge in [-0.05, 0) is 50.1 Å². The Hall–Kier alpha value is -3.09. The number of nitrogens with one attached hydrogen (secondary N) is 2. The minimum atomic E-state index is 0.111. The molecule has 4 rings (SSSR count). The number of H-pyrrole nitrogens is 1. The summed E-state index contributed by atoms with van der Waals surface area (Å²) in [7, 11) is 3.83. The maximum absolute atomic E-state index is 12.5. The molecule has 1 aliphatic heterocycles. The van der Waals surface area contributed by atoms with Gasteiger partial charge >= 0.3 is 0 Å². The van der Waals surface area contributed by atoms with E-state index < -0.39 is 0 Å². The molecule has 0 atom stereocenters. The van der Waals surface area contributed by atoms with Crippen molar-refractivity contribution in [3.63, 3.8) is 0 Å². The number of hydrogen-bond acceptors (Lipinski definition) is 5. The third kappa shape index (κ3) is 3.45. The van der Waals surface area contributed by atoms with Gasteiger partial charge in [-0.15, -0.1) is 0 Å². The van der Waals surface area contributed by atoms with Crippen LogP contribution in [0.4, 0.5) is 17.5 Å². The maximum atomic E-state index is 12.5. The molecule has 0 saturated carbocycles. The van der Waals surface area contributed by atoms with Gasteiger partial charge in [0.1, 0.15) is 11.5 Å². The number of fused-ring (bicyclic) bond motifs is 1. The first-order chi connectivity index (χ1) is 13.0. The van der Waals surface area contributed by atoms with E-state index in [1.165, 1.54) is 0 Å². The van der Waals surface area contributed by atoms with Crippen molar-refractivity contribution in [1.29, 1.82) is 0 Å². The van der Waals surface area contributed by atoms with Crippen molar-refractivity contribution in [2.45, 2.75) is 19.8 Å². The number of nitrogens with zero attached hydrogens (tertiary/aromatic N) is 4. The van der Waals surface area contributed by atoms with E-state index in [9.17, 15) is 4.79 Å². The Morgan fingerprint density at radius 2 is 1.85 bits per heavy atom. The molecule has 0 radical (unpaired) electrons. The average Bonchev–Trinajstić information content (AvgIpc) is 3.30. The second kappa shape index (κ2) is 6.90. The Bertz CT molecular complexity index is 970. The van der Waals surface area contributed by atoms with Crippen LogP contribution in [0.3, 0.4) is 0 Å². The Balaban J connectivity index is 1.61. The highest BCUT2D eigenvalue weighted by Gasteiger charge is 2.19. The van der Waals surface area contributed by atoms with Crippen LogP contribution in [0.5, 0.6) is 0 Å². The fourth-order valence-electron chi connectivity index (χ4n) is 3.36. The largest absolute Gasteiger partial charge is 0.347 e. The van der Waals surface area contributed by atoms with Crippen LogP contribution in [0.15, 0.2) is 30.3 Å². The number of rotatable bonds is 4. The van der Waals surface area contributed by atoms with Crippen LogP contribution in [-0.2, 0) is 0 Å². The highest BCUT2D eigenvalue weighted by Crippen LogP contribution is 2.27. The van der Waals surface area contributed by atoms with Crippen LogP contribution >= 0.6 is 0 Å². The first-order valence-electron chi connectivity index (χ1n) is 9.22. The lowest BCUT2D eigenvalue weighted by atomic mass is 10.2. The predicted octanol–water partition coefficient (Wildman–Crippen LogP) is 3.31. The first kappa shape index (κ1) is 17.3. The number of likely N-dealkylation sites (tertiary alicyclic amines) is 1. The Labute approximate surface area is 158 Å². The highest BCUT2D eigenvalue weighted by molar-refractivity contribution is 5.95. The van der Waals surface area contributed by atoms with Gasteiger partial charge in [0.15, 0.2) is 0 Å². The molecule has 1 amide bonds. The molecule has 7 heteroatoms. The van der Waals surface area contributed by atoms with Gasteiger partial charge in [0.2, 0.25) is 5.95 Å². The normalized spacial score (nSPS) is 14.0. The molecule has 2 aromatic heterocycles. The van der Waals surface area contributed by atoms with Crippen molar-refractivity contribution in [2.24, 2.45) is 0 Å². The molecule has 0 aliphatic carbocycles. The molecule has 1 fully saturated rings. The summed E-state index contributed by atoms with van der Waals surface area (Å²) in [4.78, 5) is 28.7. The molecule has 3 aromatic rings. The number of amides is 1. The lowest BCUT2D eigenvalue weighted by molar-refractivity contribution is 0.0793. The molecule has 7 nitrogen and oxygen atoms in total. The zero-order valence-electron chi connectivity index (χ0n) is 15.9. The summed E-state index contributed by atoms with van der Waals surface area (Å²) in [5.74, 6) is 1.49. The van der Waals surface area contributed by atoms with Crippen LogP contribution in [-0.4, -0.2) is 52.9 Å². The number of aromatic nitrogens is 3. The third-order valence-corrected chi connectivity index (χ3v) is 4.80. The number of aromatic amines is 1. The van der Waals surface area contributed by atoms with Crippen molar-refractivity contribution in [1.82, 2.24) is 19.9 Å². The van der Waals surface area contributed by atoms with Crippen LogP contribution in [0, 0.1) is 6.92 Å². The van der Waals surface area contributed by atoms with Crippen molar-refractivity contribution in [3.8, 4) is 0 Å². The molecule has 1 saturated heterocycles. The molecule has 0 bridgehead atoms. The summed E-state index contributed by atoms with van der Waals surface area (Å²) >= 11 is 0. The quantitative estimate of drug-likeness (QED) is 0.743. The molecule has 27 heavy (non-hydrogen) atoms. The molecule has 140 valence electrons. The lowest BCUT2D eigenvalue weighted by Crippen LogP contribution is -2.27. The Morgan fingerprint density at radius 1 is 1.15 bits per heavy atom. The average molecular weight is 364 g/mol. The molecular formula is C20H24N6O. The zero-order chi connectivity index (χ0) is 19.0. The van der Waals surface area contributed by atoms with Gasteiger partial charge in [0.05, 0.1) is 5.39 Å². The molecule has 0 unspecified atom stereocenters. The van der Waals surface area contributed by atoms with Crippen LogP contribution in [0.25, 0.3) is 11.0 Å². The third-order valence-electron chi connectivity index (χ3n) is 4.80. The SMILES string of the molecule is Cc1cc2c(Nc3ccc(C(=O)N4CCCC4)cc3)nc(N(C)C)nc2[nH]1. The predicted molar refractivity (Wildman–Crippen MR) is 108 cm³/mol. The Kier molecular flexibility index (Phi) is 4.43. The monoisotopic (exact) mass is 364 g/mol. The fraction of sp³-hybridized carbons (Fsp3) is 0.350. The van der Waals surface area contributed by atoms with Gasteiger partial charge in [-0.25, -0.2) is 0 Å². The smallest absolute Gasteiger partial charge is 0.253 e. The molecule has 3 heterocycles. The van der Waals surface area contributed by atoms with Crippen LogP contribution in [0.2, 0.25) is 0 Å². The second-order valence-corrected chi connectivity index (χ2v) is 7.18. The number of anilines is 3. The summed E-state index contributed by atoms with van der Waals surface area (Å²) in [5, 5.41) is 4.31. The van der Waals surface area contributed by atoms with Crippen molar-refractivity contribution >= 4 is 34.4 Å². The van der Waals surface area contributed by atoms with E-state index in [-0.39, 0.29) is 5.91 Å². The van der Waals surface area contributed by atoms with E-state index in [1.807, 2.05) is 61.2 Å². The number of carbonyl (C=O) groups is 1. The standard InChI is InChI=1S/C20H24N6O/c1-13-12-16-17(21-13)23-20(25(2)3)24-18(16)22-15-8-6-14(7-9-15)19(27)26-10-4-5-11-26/h6-9,12H,4-5,10-11H2,1-3H3,(H2,21,22,23,24). The molecule has 0 spiro atoms. The van der Waals surface area contributed by atoms with E-state index in [0.29, 0.717) is 5.95 Å². The molecule has 1 aliphatic rings. The highest BCUT2D eigenvalue weighted by atomic mass is 16.2. The van der Waals surface area contributed by atoms with Crippen LogP contribution in [0.1, 0.15) is 28.9 Å². The van der Waals surface area contributed by atoms with E-state index in [0.717, 1.165) is 59.7 Å². The summed E-state index contributed by atoms with van der Waals surface area (Å²) in [6, 6.07) is 9.62. The topological polar surface area (TPSA) is 77.2 Å². The molecule has 2 N–H and O–H groups in total. The number of hydrogen-bond donors (Lipinski definition) is 2. The lowest BCUT2D eigenvalue weighted by Gasteiger charge is -2.16. The number of aryl methyl sites for hydroxylation is 1. The summed E-state index contributed by atoms with van der Waals surface area (Å²) in [6.45, 7) is 3.72. The van der Waals surface area contributed by atoms with E-state index in [4.69, 9.17) is 0 Å². The molecular weight excluding hydrogens is 340 g/mol. The summed E-state index contributed by atoms with van der Waals surface area (Å²) in [6.07, 6.45) is 2.19. The zero-order valence-corrected chi connectivity index (χ0v) is 15.9. The van der Waals surface area contributed by atoms with Crippen molar-refractivity contribution < 1.29 is 4.79 Å². The van der Waals surface area contributed by atoms with Crippen molar-refractivity contribution in [3.05, 3.63) is 41.6 Å². The van der Waals surface area contributed by atoms with Crippen molar-refractivity contribution in [2.75, 3.05) is 37.4 Å². The van der Waals surface area contributed by atoms with Gasteiger partial charge in [-0.3, -0.25) is 4.79 Å². The van der Waals surface area contributed by atoms with Gasteiger partial charge in [0.25, 0.3) is 5.91 Å². The fourth-order valence-corrected chi connectivity index (χ4v) is 3.36. The van der Waals surface area contributed by atoms with Gasteiger partial charge < -0.3 is 20.1 Å². The Morgan fingerprint density at radius 3 is 2.52 bits per heavy atom. The van der Waals surface area contributed by atoms with E-state index in [2.05, 4.69) is 20.3 Å². The minimum absolute atomic E-state index is 0.111. The van der Waals surface area contributed by atoms with Gasteiger partial charge in [-0.2, -0.15) is 9.97 Å². The summed E-state index contributed by atoms with van der Waals surface area (Å²) < 4.78 is 0. The van der Waals surface area contributed by atoms with E-state index >= 15 is 0 Å². The second-order valence-electron chi connectivity index (χ2n) is 7.18. The first-order valence-corrected chi connectivity index (χ1v) is 9.22. The number of benzene rings is 1. The maximum Gasteiger partial charge on any atom is 0.253 e. The number of carbonyl (C=O) groups excluding carboxylic acids is 1. The van der Waals surface area contributed by atoms with E-state index in [1.54, 1.807) is 0 Å².